The van der Waals surface area contributed by atoms with Crippen molar-refractivity contribution in [3.63, 3.8) is 0 Å². The molecule has 1 aliphatic heterocycles. The Kier molecular flexibility index (Phi) is 5.18. The first-order chi connectivity index (χ1) is 12.9. The summed E-state index contributed by atoms with van der Waals surface area (Å²) in [5, 5.41) is 2.41. The molecule has 0 spiro atoms. The number of ether oxygens (including phenoxy) is 2. The SMILES string of the molecule is COc1ccc(C=C2C(=O)NC(=S)N(c3ccc(F)cc3)C2=O)cc1OC. The molecule has 0 aromatic heterocycles. The summed E-state index contributed by atoms with van der Waals surface area (Å²) in [6.07, 6.45) is 1.43. The zero-order valence-corrected chi connectivity index (χ0v) is 15.3. The molecule has 1 fully saturated rings. The van der Waals surface area contributed by atoms with Gasteiger partial charge in [-0.25, -0.2) is 4.39 Å². The molecule has 0 unspecified atom stereocenters. The molecule has 2 aromatic rings. The van der Waals surface area contributed by atoms with Crippen molar-refractivity contribution in [1.29, 1.82) is 0 Å². The second-order valence-corrected chi connectivity index (χ2v) is 5.94. The Labute approximate surface area is 160 Å². The lowest BCUT2D eigenvalue weighted by Crippen LogP contribution is -2.54. The van der Waals surface area contributed by atoms with Crippen LogP contribution in [0.25, 0.3) is 6.08 Å². The molecule has 1 saturated heterocycles. The molecule has 1 heterocycles. The van der Waals surface area contributed by atoms with Crippen molar-refractivity contribution in [3.05, 3.63) is 59.4 Å². The Hall–Kier alpha value is -3.26. The predicted molar refractivity (Wildman–Crippen MR) is 102 cm³/mol. The van der Waals surface area contributed by atoms with E-state index in [0.29, 0.717) is 22.7 Å². The highest BCUT2D eigenvalue weighted by Crippen LogP contribution is 2.29. The fourth-order valence-corrected chi connectivity index (χ4v) is 2.87. The summed E-state index contributed by atoms with van der Waals surface area (Å²) in [6, 6.07) is 10.2. The number of carbonyl (C=O) groups is 2. The molecule has 0 atom stereocenters. The van der Waals surface area contributed by atoms with E-state index < -0.39 is 17.6 Å². The van der Waals surface area contributed by atoms with Crippen LogP contribution in [-0.4, -0.2) is 31.1 Å². The lowest BCUT2D eigenvalue weighted by Gasteiger charge is -2.28. The van der Waals surface area contributed by atoms with Crippen LogP contribution in [0.3, 0.4) is 0 Å². The molecule has 0 bridgehead atoms. The normalized spacial score (nSPS) is 15.7. The van der Waals surface area contributed by atoms with Gasteiger partial charge in [0.15, 0.2) is 16.6 Å². The number of thiocarbonyl (C=S) groups is 1. The van der Waals surface area contributed by atoms with Gasteiger partial charge >= 0.3 is 0 Å². The van der Waals surface area contributed by atoms with E-state index in [1.807, 2.05) is 0 Å². The van der Waals surface area contributed by atoms with E-state index in [2.05, 4.69) is 5.32 Å². The van der Waals surface area contributed by atoms with E-state index >= 15 is 0 Å². The van der Waals surface area contributed by atoms with Gasteiger partial charge in [0.1, 0.15) is 11.4 Å². The number of halogens is 1. The second kappa shape index (κ2) is 7.55. The van der Waals surface area contributed by atoms with E-state index in [1.165, 1.54) is 44.6 Å². The van der Waals surface area contributed by atoms with Gasteiger partial charge in [-0.3, -0.25) is 19.8 Å². The average Bonchev–Trinajstić information content (AvgIpc) is 2.66. The Morgan fingerprint density at radius 1 is 1.04 bits per heavy atom. The minimum Gasteiger partial charge on any atom is -0.493 e. The number of methoxy groups -OCH3 is 2. The van der Waals surface area contributed by atoms with Gasteiger partial charge < -0.3 is 9.47 Å². The summed E-state index contributed by atoms with van der Waals surface area (Å²) in [5.74, 6) is -0.683. The molecule has 2 amide bonds. The third kappa shape index (κ3) is 3.65. The Morgan fingerprint density at radius 2 is 1.70 bits per heavy atom. The summed E-state index contributed by atoms with van der Waals surface area (Å²) in [5.41, 5.74) is 0.808. The maximum Gasteiger partial charge on any atom is 0.270 e. The molecular formula is C19H15FN2O4S. The number of carbonyl (C=O) groups excluding carboxylic acids is 2. The Bertz CT molecular complexity index is 957. The van der Waals surface area contributed by atoms with Crippen molar-refractivity contribution in [2.45, 2.75) is 0 Å². The minimum absolute atomic E-state index is 0.0685. The van der Waals surface area contributed by atoms with Crippen LogP contribution in [0.1, 0.15) is 5.56 Å². The first kappa shape index (κ1) is 18.5. The van der Waals surface area contributed by atoms with E-state index in [0.717, 1.165) is 4.90 Å². The standard InChI is InChI=1S/C19H15FN2O4S/c1-25-15-8-3-11(10-16(15)26-2)9-14-17(23)21-19(27)22(18(14)24)13-6-4-12(20)5-7-13/h3-10H,1-2H3,(H,21,23,27). The van der Waals surface area contributed by atoms with Gasteiger partial charge in [-0.1, -0.05) is 6.07 Å². The lowest BCUT2D eigenvalue weighted by molar-refractivity contribution is -0.122. The fourth-order valence-electron chi connectivity index (χ4n) is 2.59. The molecular weight excluding hydrogens is 371 g/mol. The van der Waals surface area contributed by atoms with Gasteiger partial charge in [-0.2, -0.15) is 0 Å². The summed E-state index contributed by atoms with van der Waals surface area (Å²) < 4.78 is 23.6. The van der Waals surface area contributed by atoms with Crippen LogP contribution >= 0.6 is 12.2 Å². The highest BCUT2D eigenvalue weighted by molar-refractivity contribution is 7.80. The van der Waals surface area contributed by atoms with E-state index in [9.17, 15) is 14.0 Å². The Morgan fingerprint density at radius 3 is 2.33 bits per heavy atom. The monoisotopic (exact) mass is 386 g/mol. The molecule has 0 aliphatic carbocycles. The number of hydrogen-bond donors (Lipinski definition) is 1. The second-order valence-electron chi connectivity index (χ2n) is 5.55. The van der Waals surface area contributed by atoms with Crippen molar-refractivity contribution in [2.75, 3.05) is 19.1 Å². The number of benzene rings is 2. The number of anilines is 1. The first-order valence-electron chi connectivity index (χ1n) is 7.83. The molecule has 27 heavy (non-hydrogen) atoms. The van der Waals surface area contributed by atoms with Crippen LogP contribution in [0.4, 0.5) is 10.1 Å². The molecule has 6 nitrogen and oxygen atoms in total. The number of nitrogens with one attached hydrogen (secondary N) is 1. The van der Waals surface area contributed by atoms with Crippen LogP contribution in [0, 0.1) is 5.82 Å². The highest BCUT2D eigenvalue weighted by Gasteiger charge is 2.34. The van der Waals surface area contributed by atoms with Gasteiger partial charge in [-0.05, 0) is 60.3 Å². The highest BCUT2D eigenvalue weighted by atomic mass is 32.1. The first-order valence-corrected chi connectivity index (χ1v) is 8.24. The molecule has 1 N–H and O–H groups in total. The van der Waals surface area contributed by atoms with Crippen LogP contribution in [0.5, 0.6) is 11.5 Å². The molecule has 138 valence electrons. The van der Waals surface area contributed by atoms with Gasteiger partial charge in [0.2, 0.25) is 0 Å². The summed E-state index contributed by atoms with van der Waals surface area (Å²) in [4.78, 5) is 26.3. The Balaban J connectivity index is 2.00. The number of nitrogens with zero attached hydrogens (tertiary/aromatic N) is 1. The quantitative estimate of drug-likeness (QED) is 0.497. The van der Waals surface area contributed by atoms with Crippen molar-refractivity contribution in [2.24, 2.45) is 0 Å². The number of amides is 2. The predicted octanol–water partition coefficient (Wildman–Crippen LogP) is 2.67. The van der Waals surface area contributed by atoms with Crippen molar-refractivity contribution in [3.8, 4) is 11.5 Å². The van der Waals surface area contributed by atoms with E-state index in [1.54, 1.807) is 18.2 Å². The number of hydrogen-bond acceptors (Lipinski definition) is 5. The molecule has 1 aliphatic rings. The van der Waals surface area contributed by atoms with Crippen LogP contribution in [-0.2, 0) is 9.59 Å². The van der Waals surface area contributed by atoms with Gasteiger partial charge in [-0.15, -0.1) is 0 Å². The molecule has 0 saturated carbocycles. The maximum atomic E-state index is 13.2. The third-order valence-electron chi connectivity index (χ3n) is 3.91. The van der Waals surface area contributed by atoms with Crippen LogP contribution in [0.2, 0.25) is 0 Å². The molecule has 8 heteroatoms. The van der Waals surface area contributed by atoms with Gasteiger partial charge in [0.25, 0.3) is 11.8 Å². The maximum absolute atomic E-state index is 13.2. The van der Waals surface area contributed by atoms with Crippen LogP contribution in [0.15, 0.2) is 48.0 Å². The molecule has 3 rings (SSSR count). The van der Waals surface area contributed by atoms with E-state index in [-0.39, 0.29) is 10.7 Å². The zero-order chi connectivity index (χ0) is 19.6. The average molecular weight is 386 g/mol. The third-order valence-corrected chi connectivity index (χ3v) is 4.19. The zero-order valence-electron chi connectivity index (χ0n) is 14.5. The minimum atomic E-state index is -0.613. The smallest absolute Gasteiger partial charge is 0.270 e. The largest absolute Gasteiger partial charge is 0.493 e. The van der Waals surface area contributed by atoms with E-state index in [4.69, 9.17) is 21.7 Å². The summed E-state index contributed by atoms with van der Waals surface area (Å²) >= 11 is 5.10. The van der Waals surface area contributed by atoms with Gasteiger partial charge in [0, 0.05) is 0 Å². The van der Waals surface area contributed by atoms with Gasteiger partial charge in [0.05, 0.1) is 19.9 Å². The lowest BCUT2D eigenvalue weighted by atomic mass is 10.1. The summed E-state index contributed by atoms with van der Waals surface area (Å²) in [7, 11) is 3.00. The van der Waals surface area contributed by atoms with Crippen molar-refractivity contribution in [1.82, 2.24) is 5.32 Å². The van der Waals surface area contributed by atoms with Crippen molar-refractivity contribution >= 4 is 40.9 Å². The van der Waals surface area contributed by atoms with Crippen molar-refractivity contribution < 1.29 is 23.5 Å². The molecule has 0 radical (unpaired) electrons. The fraction of sp³-hybridized carbons (Fsp3) is 0.105. The van der Waals surface area contributed by atoms with Crippen LogP contribution < -0.4 is 19.7 Å². The summed E-state index contributed by atoms with van der Waals surface area (Å²) in [6.45, 7) is 0. The number of rotatable bonds is 4. The molecule has 2 aromatic carbocycles. The topological polar surface area (TPSA) is 67.9 Å².